The summed E-state index contributed by atoms with van der Waals surface area (Å²) in [6, 6.07) is 5.98. The van der Waals surface area contributed by atoms with Gasteiger partial charge in [-0.2, -0.15) is 0 Å². The Bertz CT molecular complexity index is 471. The molecule has 0 spiro atoms. The molecule has 0 unspecified atom stereocenters. The molecule has 0 fully saturated rings. The van der Waals surface area contributed by atoms with E-state index in [0.29, 0.717) is 19.0 Å². The van der Waals surface area contributed by atoms with Gasteiger partial charge < -0.3 is 10.1 Å². The molecule has 0 radical (unpaired) electrons. The van der Waals surface area contributed by atoms with Crippen molar-refractivity contribution in [2.24, 2.45) is 0 Å². The average Bonchev–Trinajstić information content (AvgIpc) is 2.81. The zero-order chi connectivity index (χ0) is 12.1. The molecule has 0 saturated heterocycles. The highest BCUT2D eigenvalue weighted by atomic mass is 32.1. The van der Waals surface area contributed by atoms with Gasteiger partial charge in [-0.25, -0.2) is 9.97 Å². The maximum absolute atomic E-state index is 5.58. The van der Waals surface area contributed by atoms with E-state index in [9.17, 15) is 0 Å². The number of anilines is 1. The molecule has 1 N–H and O–H groups in total. The molecule has 0 bridgehead atoms. The van der Waals surface area contributed by atoms with Crippen molar-refractivity contribution in [1.29, 1.82) is 0 Å². The third kappa shape index (κ3) is 3.51. The van der Waals surface area contributed by atoms with Crippen LogP contribution in [0, 0.1) is 6.92 Å². The lowest BCUT2D eigenvalue weighted by Gasteiger charge is -2.05. The first-order chi connectivity index (χ1) is 8.28. The second-order valence-corrected chi connectivity index (χ2v) is 4.67. The monoisotopic (exact) mass is 249 g/mol. The Hall–Kier alpha value is -1.46. The number of aromatic nitrogens is 2. The fraction of sp³-hybridized carbons (Fsp3) is 0.333. The van der Waals surface area contributed by atoms with Gasteiger partial charge in [-0.3, -0.25) is 0 Å². The van der Waals surface area contributed by atoms with Crippen LogP contribution in [0.3, 0.4) is 0 Å². The number of aryl methyl sites for hydroxylation is 1. The molecule has 2 rings (SSSR count). The van der Waals surface area contributed by atoms with Crippen LogP contribution in [0.2, 0.25) is 0 Å². The van der Waals surface area contributed by atoms with E-state index in [4.69, 9.17) is 4.74 Å². The minimum Gasteiger partial charge on any atom is -0.373 e. The summed E-state index contributed by atoms with van der Waals surface area (Å²) in [5, 5.41) is 5.05. The van der Waals surface area contributed by atoms with Gasteiger partial charge in [0, 0.05) is 23.7 Å². The average molecular weight is 249 g/mol. The lowest BCUT2D eigenvalue weighted by Crippen LogP contribution is -2.03. The van der Waals surface area contributed by atoms with Gasteiger partial charge in [-0.15, -0.1) is 11.3 Å². The van der Waals surface area contributed by atoms with E-state index in [2.05, 4.69) is 21.4 Å². The summed E-state index contributed by atoms with van der Waals surface area (Å²) < 4.78 is 5.58. The summed E-state index contributed by atoms with van der Waals surface area (Å²) in [5.41, 5.74) is 0.944. The minimum atomic E-state index is 0.439. The largest absolute Gasteiger partial charge is 0.373 e. The molecule has 17 heavy (non-hydrogen) atoms. The van der Waals surface area contributed by atoms with Crippen molar-refractivity contribution >= 4 is 17.2 Å². The molecule has 2 aromatic heterocycles. The highest BCUT2D eigenvalue weighted by Crippen LogP contribution is 2.11. The second kappa shape index (κ2) is 5.75. The minimum absolute atomic E-state index is 0.439. The van der Waals surface area contributed by atoms with Crippen molar-refractivity contribution < 1.29 is 4.74 Å². The van der Waals surface area contributed by atoms with E-state index in [-0.39, 0.29) is 0 Å². The third-order valence-electron chi connectivity index (χ3n) is 2.21. The molecule has 5 heteroatoms. The smallest absolute Gasteiger partial charge is 0.156 e. The van der Waals surface area contributed by atoms with Gasteiger partial charge in [0.05, 0.1) is 6.61 Å². The maximum Gasteiger partial charge on any atom is 0.156 e. The zero-order valence-electron chi connectivity index (χ0n) is 9.93. The molecule has 2 aromatic rings. The molecule has 0 amide bonds. The molecule has 0 atom stereocenters. The van der Waals surface area contributed by atoms with Crippen molar-refractivity contribution in [2.45, 2.75) is 20.1 Å². The van der Waals surface area contributed by atoms with Crippen molar-refractivity contribution in [2.75, 3.05) is 12.4 Å². The third-order valence-corrected chi connectivity index (χ3v) is 3.06. The Morgan fingerprint density at radius 3 is 2.94 bits per heavy atom. The Morgan fingerprint density at radius 2 is 2.24 bits per heavy atom. The van der Waals surface area contributed by atoms with E-state index in [1.165, 1.54) is 4.88 Å². The number of rotatable bonds is 5. The van der Waals surface area contributed by atoms with E-state index in [0.717, 1.165) is 11.5 Å². The van der Waals surface area contributed by atoms with Gasteiger partial charge in [0.15, 0.2) is 5.82 Å². The quantitative estimate of drug-likeness (QED) is 0.884. The second-order valence-electron chi connectivity index (χ2n) is 3.63. The van der Waals surface area contributed by atoms with Crippen LogP contribution in [0.15, 0.2) is 23.6 Å². The van der Waals surface area contributed by atoms with Crippen molar-refractivity contribution in [1.82, 2.24) is 9.97 Å². The number of nitrogens with one attached hydrogen (secondary N) is 1. The number of hydrogen-bond donors (Lipinski definition) is 1. The summed E-state index contributed by atoms with van der Waals surface area (Å²) in [4.78, 5) is 9.87. The van der Waals surface area contributed by atoms with Crippen LogP contribution in [0.5, 0.6) is 0 Å². The van der Waals surface area contributed by atoms with E-state index >= 15 is 0 Å². The molecular formula is C12H15N3OS. The molecule has 0 aromatic carbocycles. The highest BCUT2D eigenvalue weighted by molar-refractivity contribution is 7.09. The predicted octanol–water partition coefficient (Wildman–Crippen LogP) is 2.61. The van der Waals surface area contributed by atoms with Gasteiger partial charge in [0.1, 0.15) is 12.4 Å². The van der Waals surface area contributed by atoms with Crippen LogP contribution in [0.4, 0.5) is 5.82 Å². The van der Waals surface area contributed by atoms with Crippen LogP contribution in [0.25, 0.3) is 0 Å². The molecule has 90 valence electrons. The van der Waals surface area contributed by atoms with Crippen LogP contribution >= 0.6 is 11.3 Å². The highest BCUT2D eigenvalue weighted by Gasteiger charge is 2.02. The molecule has 2 heterocycles. The van der Waals surface area contributed by atoms with Gasteiger partial charge in [-0.05, 0) is 18.4 Å². The molecule has 0 saturated carbocycles. The molecule has 0 aliphatic heterocycles. The number of ether oxygens (including phenoxy) is 1. The lowest BCUT2D eigenvalue weighted by molar-refractivity contribution is 0.104. The van der Waals surface area contributed by atoms with Crippen LogP contribution in [0.1, 0.15) is 16.4 Å². The van der Waals surface area contributed by atoms with Crippen molar-refractivity contribution in [3.63, 3.8) is 0 Å². The van der Waals surface area contributed by atoms with E-state index in [1.807, 2.05) is 31.5 Å². The van der Waals surface area contributed by atoms with Gasteiger partial charge >= 0.3 is 0 Å². The maximum atomic E-state index is 5.58. The zero-order valence-corrected chi connectivity index (χ0v) is 10.8. The SMILES string of the molecule is CNc1cc(C)nc(COCc2cccs2)n1. The lowest BCUT2D eigenvalue weighted by atomic mass is 10.4. The topological polar surface area (TPSA) is 47.0 Å². The van der Waals surface area contributed by atoms with E-state index < -0.39 is 0 Å². The number of nitrogens with zero attached hydrogens (tertiary/aromatic N) is 2. The predicted molar refractivity (Wildman–Crippen MR) is 69.1 cm³/mol. The van der Waals surface area contributed by atoms with Crippen LogP contribution in [-0.2, 0) is 18.0 Å². The van der Waals surface area contributed by atoms with Gasteiger partial charge in [0.25, 0.3) is 0 Å². The van der Waals surface area contributed by atoms with Gasteiger partial charge in [-0.1, -0.05) is 6.07 Å². The van der Waals surface area contributed by atoms with E-state index in [1.54, 1.807) is 11.3 Å². The molecule has 0 aliphatic carbocycles. The van der Waals surface area contributed by atoms with Crippen molar-refractivity contribution in [3.8, 4) is 0 Å². The normalized spacial score (nSPS) is 10.5. The van der Waals surface area contributed by atoms with Crippen LogP contribution in [-0.4, -0.2) is 17.0 Å². The Kier molecular flexibility index (Phi) is 4.06. The Labute approximate surface area is 105 Å². The standard InChI is InChI=1S/C12H15N3OS/c1-9-6-11(13-2)15-12(14-9)8-16-7-10-4-3-5-17-10/h3-6H,7-8H2,1-2H3,(H,13,14,15). The first kappa shape index (κ1) is 12.0. The van der Waals surface area contributed by atoms with Gasteiger partial charge in [0.2, 0.25) is 0 Å². The summed E-state index contributed by atoms with van der Waals surface area (Å²) in [6.45, 7) is 3.00. The summed E-state index contributed by atoms with van der Waals surface area (Å²) in [5.74, 6) is 1.54. The first-order valence-electron chi connectivity index (χ1n) is 5.40. The molecular weight excluding hydrogens is 234 g/mol. The molecule has 4 nitrogen and oxygen atoms in total. The molecule has 0 aliphatic rings. The Balaban J connectivity index is 1.92. The number of hydrogen-bond acceptors (Lipinski definition) is 5. The summed E-state index contributed by atoms with van der Waals surface area (Å²) >= 11 is 1.69. The summed E-state index contributed by atoms with van der Waals surface area (Å²) in [7, 11) is 1.85. The summed E-state index contributed by atoms with van der Waals surface area (Å²) in [6.07, 6.45) is 0. The van der Waals surface area contributed by atoms with Crippen LogP contribution < -0.4 is 5.32 Å². The Morgan fingerprint density at radius 1 is 1.35 bits per heavy atom. The number of thiophene rings is 1. The fourth-order valence-corrected chi connectivity index (χ4v) is 2.10. The first-order valence-corrected chi connectivity index (χ1v) is 6.28. The fourth-order valence-electron chi connectivity index (χ4n) is 1.46. The van der Waals surface area contributed by atoms with Crippen molar-refractivity contribution in [3.05, 3.63) is 40.0 Å².